The molecule has 0 unspecified atom stereocenters. The molecule has 2 fully saturated rings. The summed E-state index contributed by atoms with van der Waals surface area (Å²) < 4.78 is 0. The molecule has 24 heavy (non-hydrogen) atoms. The van der Waals surface area contributed by atoms with Crippen LogP contribution in [0, 0.1) is 5.92 Å². The molecule has 0 radical (unpaired) electrons. The summed E-state index contributed by atoms with van der Waals surface area (Å²) in [7, 11) is 0. The van der Waals surface area contributed by atoms with Gasteiger partial charge in [0.25, 0.3) is 5.91 Å². The van der Waals surface area contributed by atoms with Gasteiger partial charge < -0.3 is 10.6 Å². The van der Waals surface area contributed by atoms with Crippen LogP contribution in [0.15, 0.2) is 30.3 Å². The Kier molecular flexibility index (Phi) is 4.94. The molecule has 1 aromatic carbocycles. The Morgan fingerprint density at radius 2 is 1.83 bits per heavy atom. The van der Waals surface area contributed by atoms with Crippen molar-refractivity contribution in [1.82, 2.24) is 4.90 Å². The van der Waals surface area contributed by atoms with Gasteiger partial charge in [-0.3, -0.25) is 19.3 Å². The molecule has 2 heterocycles. The molecule has 3 amide bonds. The molecule has 0 aliphatic carbocycles. The Morgan fingerprint density at radius 1 is 1.17 bits per heavy atom. The lowest BCUT2D eigenvalue weighted by molar-refractivity contribution is -0.920. The SMILES string of the molecule is NC(=O)C1CC[NH+]([C@@H]2CC(=O)N(CCc3ccccc3)C2=O)CC1. The molecule has 0 aromatic heterocycles. The van der Waals surface area contributed by atoms with E-state index in [1.54, 1.807) is 0 Å². The highest BCUT2D eigenvalue weighted by Crippen LogP contribution is 2.15. The Hall–Kier alpha value is -2.21. The minimum absolute atomic E-state index is 0.0662. The van der Waals surface area contributed by atoms with Crippen molar-refractivity contribution in [2.75, 3.05) is 19.6 Å². The molecule has 0 bridgehead atoms. The molecule has 2 aliphatic heterocycles. The average molecular weight is 330 g/mol. The highest BCUT2D eigenvalue weighted by atomic mass is 16.2. The predicted molar refractivity (Wildman–Crippen MR) is 87.9 cm³/mol. The maximum absolute atomic E-state index is 12.6. The summed E-state index contributed by atoms with van der Waals surface area (Å²) >= 11 is 0. The fraction of sp³-hybridized carbons (Fsp3) is 0.500. The number of piperidine rings is 1. The number of amides is 3. The third-order valence-corrected chi connectivity index (χ3v) is 5.23. The molecular formula is C18H24N3O3+. The lowest BCUT2D eigenvalue weighted by Crippen LogP contribution is -3.17. The van der Waals surface area contributed by atoms with Crippen molar-refractivity contribution >= 4 is 17.7 Å². The zero-order valence-corrected chi connectivity index (χ0v) is 13.7. The van der Waals surface area contributed by atoms with Crippen molar-refractivity contribution in [3.05, 3.63) is 35.9 Å². The summed E-state index contributed by atoms with van der Waals surface area (Å²) in [6.07, 6.45) is 2.37. The molecule has 1 aromatic rings. The fourth-order valence-corrected chi connectivity index (χ4v) is 3.74. The van der Waals surface area contributed by atoms with E-state index in [1.165, 1.54) is 4.90 Å². The fourth-order valence-electron chi connectivity index (χ4n) is 3.74. The summed E-state index contributed by atoms with van der Waals surface area (Å²) in [5.74, 6) is -0.489. The van der Waals surface area contributed by atoms with Gasteiger partial charge in [0, 0.05) is 25.3 Å². The molecule has 6 nitrogen and oxygen atoms in total. The first-order valence-corrected chi connectivity index (χ1v) is 8.58. The van der Waals surface area contributed by atoms with E-state index in [4.69, 9.17) is 5.73 Å². The summed E-state index contributed by atoms with van der Waals surface area (Å²) in [6.45, 7) is 1.89. The number of hydrogen-bond donors (Lipinski definition) is 2. The average Bonchev–Trinajstić information content (AvgIpc) is 2.88. The number of quaternary nitrogens is 1. The second-order valence-electron chi connectivity index (χ2n) is 6.71. The number of nitrogens with zero attached hydrogens (tertiary/aromatic N) is 1. The topological polar surface area (TPSA) is 84.9 Å². The Balaban J connectivity index is 1.57. The van der Waals surface area contributed by atoms with Crippen LogP contribution in [-0.4, -0.2) is 48.3 Å². The molecule has 0 spiro atoms. The molecule has 3 rings (SSSR count). The number of benzene rings is 1. The first-order chi connectivity index (χ1) is 11.6. The molecule has 128 valence electrons. The molecule has 3 N–H and O–H groups in total. The minimum Gasteiger partial charge on any atom is -0.369 e. The lowest BCUT2D eigenvalue weighted by Gasteiger charge is -2.30. The monoisotopic (exact) mass is 330 g/mol. The molecule has 2 aliphatic rings. The number of primary amides is 1. The standard InChI is InChI=1S/C18H23N3O3/c19-17(23)14-7-9-20(10-8-14)15-12-16(22)21(18(15)24)11-6-13-4-2-1-3-5-13/h1-5,14-15H,6-12H2,(H2,19,23)/p+1/t15-/m1/s1. The van der Waals surface area contributed by atoms with E-state index in [9.17, 15) is 14.4 Å². The maximum Gasteiger partial charge on any atom is 0.288 e. The van der Waals surface area contributed by atoms with Crippen molar-refractivity contribution in [1.29, 1.82) is 0 Å². The van der Waals surface area contributed by atoms with Crippen LogP contribution in [0.4, 0.5) is 0 Å². The van der Waals surface area contributed by atoms with Gasteiger partial charge in [-0.1, -0.05) is 30.3 Å². The summed E-state index contributed by atoms with van der Waals surface area (Å²) in [5, 5.41) is 0. The van der Waals surface area contributed by atoms with Gasteiger partial charge in [-0.2, -0.15) is 0 Å². The first-order valence-electron chi connectivity index (χ1n) is 8.58. The Labute approximate surface area is 141 Å². The van der Waals surface area contributed by atoms with Gasteiger partial charge in [-0.05, 0) is 12.0 Å². The number of carbonyl (C=O) groups is 3. The smallest absolute Gasteiger partial charge is 0.288 e. The zero-order valence-electron chi connectivity index (χ0n) is 13.7. The van der Waals surface area contributed by atoms with Crippen LogP contribution in [0.3, 0.4) is 0 Å². The normalized spacial score (nSPS) is 27.5. The molecule has 6 heteroatoms. The Morgan fingerprint density at radius 3 is 2.46 bits per heavy atom. The van der Waals surface area contributed by atoms with Crippen LogP contribution in [-0.2, 0) is 20.8 Å². The van der Waals surface area contributed by atoms with Crippen LogP contribution in [0.1, 0.15) is 24.8 Å². The van der Waals surface area contributed by atoms with Gasteiger partial charge >= 0.3 is 0 Å². The van der Waals surface area contributed by atoms with E-state index in [-0.39, 0.29) is 36.1 Å². The van der Waals surface area contributed by atoms with Crippen LogP contribution in [0.25, 0.3) is 0 Å². The summed E-state index contributed by atoms with van der Waals surface area (Å²) in [5.41, 5.74) is 6.48. The van der Waals surface area contributed by atoms with E-state index < -0.39 is 0 Å². The van der Waals surface area contributed by atoms with Crippen LogP contribution in [0.5, 0.6) is 0 Å². The highest BCUT2D eigenvalue weighted by Gasteiger charge is 2.45. The second-order valence-corrected chi connectivity index (χ2v) is 6.71. The predicted octanol–water partition coefficient (Wildman–Crippen LogP) is -0.863. The van der Waals surface area contributed by atoms with Crippen molar-refractivity contribution in [3.8, 4) is 0 Å². The van der Waals surface area contributed by atoms with Gasteiger partial charge in [0.05, 0.1) is 19.5 Å². The third-order valence-electron chi connectivity index (χ3n) is 5.23. The number of nitrogens with two attached hydrogens (primary N) is 1. The number of nitrogens with one attached hydrogen (secondary N) is 1. The summed E-state index contributed by atoms with van der Waals surface area (Å²) in [6, 6.07) is 9.58. The van der Waals surface area contributed by atoms with Crippen LogP contribution >= 0.6 is 0 Å². The van der Waals surface area contributed by atoms with Crippen molar-refractivity contribution < 1.29 is 19.3 Å². The number of rotatable bonds is 5. The van der Waals surface area contributed by atoms with Crippen LogP contribution < -0.4 is 10.6 Å². The molecular weight excluding hydrogens is 306 g/mol. The second kappa shape index (κ2) is 7.13. The number of hydrogen-bond acceptors (Lipinski definition) is 3. The number of likely N-dealkylation sites (tertiary alicyclic amines) is 2. The van der Waals surface area contributed by atoms with Gasteiger partial charge in [-0.25, -0.2) is 0 Å². The quantitative estimate of drug-likeness (QED) is 0.689. The Bertz CT molecular complexity index is 624. The lowest BCUT2D eigenvalue weighted by atomic mass is 9.95. The van der Waals surface area contributed by atoms with Crippen molar-refractivity contribution in [3.63, 3.8) is 0 Å². The summed E-state index contributed by atoms with van der Waals surface area (Å²) in [4.78, 5) is 38.7. The van der Waals surface area contributed by atoms with Gasteiger partial charge in [0.2, 0.25) is 11.8 Å². The van der Waals surface area contributed by atoms with E-state index in [1.807, 2.05) is 30.3 Å². The molecule has 0 saturated carbocycles. The van der Waals surface area contributed by atoms with Crippen molar-refractivity contribution in [2.45, 2.75) is 31.7 Å². The van der Waals surface area contributed by atoms with Gasteiger partial charge in [-0.15, -0.1) is 0 Å². The molecule has 2 saturated heterocycles. The third kappa shape index (κ3) is 3.48. The van der Waals surface area contributed by atoms with E-state index >= 15 is 0 Å². The molecule has 1 atom stereocenters. The van der Waals surface area contributed by atoms with Crippen LogP contribution in [0.2, 0.25) is 0 Å². The number of imide groups is 1. The van der Waals surface area contributed by atoms with Gasteiger partial charge in [0.1, 0.15) is 0 Å². The zero-order chi connectivity index (χ0) is 17.1. The largest absolute Gasteiger partial charge is 0.369 e. The first kappa shape index (κ1) is 16.6. The van der Waals surface area contributed by atoms with E-state index in [0.29, 0.717) is 25.8 Å². The highest BCUT2D eigenvalue weighted by molar-refractivity contribution is 6.04. The van der Waals surface area contributed by atoms with Crippen molar-refractivity contribution in [2.24, 2.45) is 11.7 Å². The van der Waals surface area contributed by atoms with E-state index in [2.05, 4.69) is 0 Å². The van der Waals surface area contributed by atoms with E-state index in [0.717, 1.165) is 23.6 Å². The minimum atomic E-state index is -0.290. The number of carbonyl (C=O) groups excluding carboxylic acids is 3. The maximum atomic E-state index is 12.6. The van der Waals surface area contributed by atoms with Gasteiger partial charge in [0.15, 0.2) is 6.04 Å².